The van der Waals surface area contributed by atoms with Crippen molar-refractivity contribution in [1.29, 1.82) is 0 Å². The molecule has 1 fully saturated rings. The zero-order chi connectivity index (χ0) is 16.1. The maximum absolute atomic E-state index is 12.2. The van der Waals surface area contributed by atoms with Crippen LogP contribution < -0.4 is 5.32 Å². The monoisotopic (exact) mass is 345 g/mol. The van der Waals surface area contributed by atoms with E-state index >= 15 is 0 Å². The van der Waals surface area contributed by atoms with Crippen LogP contribution in [0.15, 0.2) is 12.1 Å². The Morgan fingerprint density at radius 3 is 2.68 bits per heavy atom. The quantitative estimate of drug-likeness (QED) is 0.831. The van der Waals surface area contributed by atoms with Crippen LogP contribution in [0.2, 0.25) is 4.34 Å². The van der Waals surface area contributed by atoms with Crippen molar-refractivity contribution >= 4 is 34.8 Å². The van der Waals surface area contributed by atoms with Gasteiger partial charge in [0, 0.05) is 24.6 Å². The molecule has 2 N–H and O–H groups in total. The highest BCUT2D eigenvalue weighted by Crippen LogP contribution is 2.28. The normalized spacial score (nSPS) is 18.6. The first-order valence-electron chi connectivity index (χ1n) is 7.32. The molecule has 0 spiro atoms. The molecule has 2 rings (SSSR count). The SMILES string of the molecule is CC(C(=O)NCC(C(=O)O)C1CCOCC1)c1ccc(Cl)s1. The number of thiophene rings is 1. The van der Waals surface area contributed by atoms with Crippen molar-refractivity contribution in [2.75, 3.05) is 19.8 Å². The van der Waals surface area contributed by atoms with E-state index in [2.05, 4.69) is 5.32 Å². The van der Waals surface area contributed by atoms with Crippen molar-refractivity contribution in [3.8, 4) is 0 Å². The predicted octanol–water partition coefficient (Wildman–Crippen LogP) is 2.75. The Labute approximate surface area is 138 Å². The average Bonchev–Trinajstić information content (AvgIpc) is 2.93. The van der Waals surface area contributed by atoms with Gasteiger partial charge in [0.15, 0.2) is 0 Å². The lowest BCUT2D eigenvalue weighted by Crippen LogP contribution is -2.40. The molecule has 1 amide bonds. The number of amides is 1. The summed E-state index contributed by atoms with van der Waals surface area (Å²) in [5.74, 6) is -1.87. The maximum atomic E-state index is 12.2. The fraction of sp³-hybridized carbons (Fsp3) is 0.600. The smallest absolute Gasteiger partial charge is 0.308 e. The van der Waals surface area contributed by atoms with Crippen LogP contribution in [0.4, 0.5) is 0 Å². The molecule has 2 unspecified atom stereocenters. The molecular weight excluding hydrogens is 326 g/mol. The van der Waals surface area contributed by atoms with Crippen LogP contribution in [0.1, 0.15) is 30.6 Å². The molecule has 2 heterocycles. The van der Waals surface area contributed by atoms with E-state index < -0.39 is 11.9 Å². The van der Waals surface area contributed by atoms with E-state index in [1.54, 1.807) is 13.0 Å². The van der Waals surface area contributed by atoms with Crippen LogP contribution in [-0.4, -0.2) is 36.7 Å². The Kier molecular flexibility index (Phi) is 6.23. The van der Waals surface area contributed by atoms with Gasteiger partial charge in [-0.1, -0.05) is 11.6 Å². The van der Waals surface area contributed by atoms with Gasteiger partial charge in [-0.05, 0) is 37.8 Å². The maximum Gasteiger partial charge on any atom is 0.308 e. The van der Waals surface area contributed by atoms with Gasteiger partial charge < -0.3 is 15.2 Å². The summed E-state index contributed by atoms with van der Waals surface area (Å²) in [7, 11) is 0. The minimum Gasteiger partial charge on any atom is -0.481 e. The molecule has 0 saturated carbocycles. The number of carboxylic acids is 1. The van der Waals surface area contributed by atoms with Crippen LogP contribution >= 0.6 is 22.9 Å². The van der Waals surface area contributed by atoms with Gasteiger partial charge in [0.25, 0.3) is 0 Å². The average molecular weight is 346 g/mol. The Morgan fingerprint density at radius 1 is 1.45 bits per heavy atom. The van der Waals surface area contributed by atoms with Crippen LogP contribution in [0, 0.1) is 11.8 Å². The second-order valence-electron chi connectivity index (χ2n) is 5.50. The molecule has 0 aliphatic carbocycles. The molecule has 1 aromatic heterocycles. The van der Waals surface area contributed by atoms with Gasteiger partial charge in [-0.25, -0.2) is 0 Å². The number of aliphatic carboxylic acids is 1. The third-order valence-electron chi connectivity index (χ3n) is 4.06. The summed E-state index contributed by atoms with van der Waals surface area (Å²) in [5, 5.41) is 12.2. The van der Waals surface area contributed by atoms with Crippen molar-refractivity contribution < 1.29 is 19.4 Å². The molecule has 0 radical (unpaired) electrons. The highest BCUT2D eigenvalue weighted by atomic mass is 35.5. The number of halogens is 1. The van der Waals surface area contributed by atoms with Crippen LogP contribution in [-0.2, 0) is 14.3 Å². The first-order valence-corrected chi connectivity index (χ1v) is 8.52. The molecule has 2 atom stereocenters. The molecule has 5 nitrogen and oxygen atoms in total. The minimum atomic E-state index is -0.862. The number of carbonyl (C=O) groups is 2. The van der Waals surface area contributed by atoms with Crippen LogP contribution in [0.5, 0.6) is 0 Å². The minimum absolute atomic E-state index is 0.0537. The topological polar surface area (TPSA) is 75.6 Å². The first kappa shape index (κ1) is 17.2. The zero-order valence-electron chi connectivity index (χ0n) is 12.4. The fourth-order valence-corrected chi connectivity index (χ4v) is 3.74. The summed E-state index contributed by atoms with van der Waals surface area (Å²) in [4.78, 5) is 24.5. The van der Waals surface area contributed by atoms with Gasteiger partial charge >= 0.3 is 5.97 Å². The van der Waals surface area contributed by atoms with Crippen molar-refractivity contribution in [1.82, 2.24) is 5.32 Å². The van der Waals surface area contributed by atoms with Crippen molar-refractivity contribution in [3.05, 3.63) is 21.3 Å². The first-order chi connectivity index (χ1) is 10.5. The standard InChI is InChI=1S/C15H20ClNO4S/c1-9(12-2-3-13(16)22-12)14(18)17-8-11(15(19)20)10-4-6-21-7-5-10/h2-3,9-11H,4-8H2,1H3,(H,17,18)(H,19,20). The molecule has 0 bridgehead atoms. The van der Waals surface area contributed by atoms with E-state index in [4.69, 9.17) is 16.3 Å². The fourth-order valence-electron chi connectivity index (χ4n) is 2.63. The number of hydrogen-bond acceptors (Lipinski definition) is 4. The molecule has 22 heavy (non-hydrogen) atoms. The second kappa shape index (κ2) is 7.94. The van der Waals surface area contributed by atoms with Crippen LogP contribution in [0.3, 0.4) is 0 Å². The molecular formula is C15H20ClNO4S. The zero-order valence-corrected chi connectivity index (χ0v) is 14.0. The summed E-state index contributed by atoms with van der Waals surface area (Å²) >= 11 is 7.24. The van der Waals surface area contributed by atoms with Gasteiger partial charge in [0.1, 0.15) is 0 Å². The Hall–Kier alpha value is -1.11. The van der Waals surface area contributed by atoms with E-state index in [1.807, 2.05) is 6.07 Å². The summed E-state index contributed by atoms with van der Waals surface area (Å²) in [6, 6.07) is 3.58. The van der Waals surface area contributed by atoms with E-state index in [9.17, 15) is 14.7 Å². The molecule has 7 heteroatoms. The van der Waals surface area contributed by atoms with Gasteiger partial charge in [0.05, 0.1) is 16.2 Å². The second-order valence-corrected chi connectivity index (χ2v) is 7.25. The number of carboxylic acid groups (broad SMARTS) is 1. The number of nitrogens with one attached hydrogen (secondary N) is 1. The molecule has 1 aromatic rings. The lowest BCUT2D eigenvalue weighted by molar-refractivity contribution is -0.145. The van der Waals surface area contributed by atoms with Crippen molar-refractivity contribution in [2.45, 2.75) is 25.7 Å². The molecule has 0 aromatic carbocycles. The van der Waals surface area contributed by atoms with E-state index in [1.165, 1.54) is 11.3 Å². The number of hydrogen-bond donors (Lipinski definition) is 2. The third-order valence-corrected chi connectivity index (χ3v) is 5.48. The van der Waals surface area contributed by atoms with E-state index in [-0.39, 0.29) is 24.3 Å². The lowest BCUT2D eigenvalue weighted by Gasteiger charge is -2.28. The van der Waals surface area contributed by atoms with Gasteiger partial charge in [0.2, 0.25) is 5.91 Å². The Balaban J connectivity index is 1.91. The third kappa shape index (κ3) is 4.44. The predicted molar refractivity (Wildman–Crippen MR) is 85.4 cm³/mol. The molecule has 122 valence electrons. The summed E-state index contributed by atoms with van der Waals surface area (Å²) in [6.45, 7) is 3.13. The summed E-state index contributed by atoms with van der Waals surface area (Å²) in [5.41, 5.74) is 0. The van der Waals surface area contributed by atoms with Crippen molar-refractivity contribution in [2.24, 2.45) is 11.8 Å². The van der Waals surface area contributed by atoms with E-state index in [0.717, 1.165) is 17.7 Å². The van der Waals surface area contributed by atoms with E-state index in [0.29, 0.717) is 17.6 Å². The molecule has 1 saturated heterocycles. The summed E-state index contributed by atoms with van der Waals surface area (Å²) < 4.78 is 5.90. The van der Waals surface area contributed by atoms with Gasteiger partial charge in [-0.2, -0.15) is 0 Å². The van der Waals surface area contributed by atoms with Crippen molar-refractivity contribution in [3.63, 3.8) is 0 Å². The Bertz CT molecular complexity index is 527. The molecule has 1 aliphatic heterocycles. The number of rotatable bonds is 6. The lowest BCUT2D eigenvalue weighted by atomic mass is 9.86. The number of carbonyl (C=O) groups excluding carboxylic acids is 1. The van der Waals surface area contributed by atoms with Gasteiger partial charge in [-0.3, -0.25) is 9.59 Å². The highest BCUT2D eigenvalue weighted by Gasteiger charge is 2.30. The highest BCUT2D eigenvalue weighted by molar-refractivity contribution is 7.16. The number of ether oxygens (including phenoxy) is 1. The largest absolute Gasteiger partial charge is 0.481 e. The molecule has 1 aliphatic rings. The van der Waals surface area contributed by atoms with Gasteiger partial charge in [-0.15, -0.1) is 11.3 Å². The Morgan fingerprint density at radius 2 is 2.14 bits per heavy atom. The summed E-state index contributed by atoms with van der Waals surface area (Å²) in [6.07, 6.45) is 1.45. The van der Waals surface area contributed by atoms with Crippen LogP contribution in [0.25, 0.3) is 0 Å².